The largest absolute Gasteiger partial charge is 0.545 e. The summed E-state index contributed by atoms with van der Waals surface area (Å²) in [5, 5.41) is 11.9. The number of hydrogen-bond donors (Lipinski definition) is 0. The number of nitrogens with zero attached hydrogens (tertiary/aromatic N) is 1. The third kappa shape index (κ3) is 85.2. The number of esters is 2. The number of allylic oxidation sites excluding steroid dienone is 2. The Kier molecular flexibility index (Phi) is 82.0. The topological polar surface area (TPSA) is 111 Å². The fraction of sp³-hybridized carbons (Fsp3) is 0.946. The number of carboxylic acid groups (broad SMARTS) is 1. The van der Waals surface area contributed by atoms with Crippen molar-refractivity contribution in [1.82, 2.24) is 0 Å². The van der Waals surface area contributed by atoms with Crippen LogP contribution in [0.15, 0.2) is 12.2 Å². The first-order valence-electron chi connectivity index (χ1n) is 45.8. The van der Waals surface area contributed by atoms with E-state index in [9.17, 15) is 19.5 Å². The number of rotatable bonds is 88. The molecule has 600 valence electrons. The second kappa shape index (κ2) is 83.7. The molecule has 0 amide bonds. The molecule has 0 N–H and O–H groups in total. The van der Waals surface area contributed by atoms with Crippen LogP contribution in [0.4, 0.5) is 0 Å². The number of unbranched alkanes of at least 4 members (excludes halogenated alkanes) is 71. The van der Waals surface area contributed by atoms with Crippen molar-refractivity contribution in [2.45, 2.75) is 514 Å². The number of carbonyl (C=O) groups excluding carboxylic acids is 3. The quantitative estimate of drug-likeness (QED) is 0.0195. The van der Waals surface area contributed by atoms with Crippen molar-refractivity contribution in [1.29, 1.82) is 0 Å². The molecule has 101 heavy (non-hydrogen) atoms. The molecule has 0 aliphatic heterocycles. The van der Waals surface area contributed by atoms with E-state index in [1.54, 1.807) is 0 Å². The Morgan fingerprint density at radius 2 is 0.505 bits per heavy atom. The van der Waals surface area contributed by atoms with Crippen molar-refractivity contribution in [3.8, 4) is 0 Å². The number of hydrogen-bond acceptors (Lipinski definition) is 8. The number of quaternary nitrogens is 1. The Morgan fingerprint density at radius 3 is 0.733 bits per heavy atom. The highest BCUT2D eigenvalue weighted by molar-refractivity contribution is 5.70. The average Bonchev–Trinajstić information content (AvgIpc) is 1.21. The van der Waals surface area contributed by atoms with Gasteiger partial charge in [-0.3, -0.25) is 9.59 Å². The SMILES string of the molecule is CCCCCCCCCC/C=C\CCCCCCCCCCCCCCCCCCCCCCCCCCCCCCCC(=O)OC(COC(=O)CCCCCCCCCCCCCCCCCCCCCCCCCCCCCCCCCCCCC)COC(OCC[N+](C)(C)C)C(=O)[O-]. The van der Waals surface area contributed by atoms with Gasteiger partial charge in [-0.2, -0.15) is 0 Å². The van der Waals surface area contributed by atoms with Gasteiger partial charge in [0.1, 0.15) is 13.2 Å². The van der Waals surface area contributed by atoms with Gasteiger partial charge in [-0.25, -0.2) is 0 Å². The van der Waals surface area contributed by atoms with Crippen LogP contribution in [0.25, 0.3) is 0 Å². The van der Waals surface area contributed by atoms with Gasteiger partial charge in [0, 0.05) is 12.8 Å². The summed E-state index contributed by atoms with van der Waals surface area (Å²) >= 11 is 0. The van der Waals surface area contributed by atoms with Gasteiger partial charge in [0.25, 0.3) is 0 Å². The first-order valence-corrected chi connectivity index (χ1v) is 45.8. The minimum absolute atomic E-state index is 0.153. The summed E-state index contributed by atoms with van der Waals surface area (Å²) in [6.45, 7) is 4.86. The first-order chi connectivity index (χ1) is 49.6. The Labute approximate surface area is 631 Å². The highest BCUT2D eigenvalue weighted by Gasteiger charge is 2.22. The molecule has 0 aromatic rings. The fourth-order valence-corrected chi connectivity index (χ4v) is 14.5. The summed E-state index contributed by atoms with van der Waals surface area (Å²) in [5.74, 6) is -2.24. The zero-order valence-electron chi connectivity index (χ0n) is 69.1. The molecule has 0 heterocycles. The van der Waals surface area contributed by atoms with Gasteiger partial charge in [0.15, 0.2) is 12.4 Å². The van der Waals surface area contributed by atoms with Gasteiger partial charge in [0.2, 0.25) is 0 Å². The molecular weight excluding hydrogens is 1250 g/mol. The van der Waals surface area contributed by atoms with Crippen LogP contribution in [-0.2, 0) is 33.3 Å². The predicted molar refractivity (Wildman–Crippen MR) is 436 cm³/mol. The fourth-order valence-electron chi connectivity index (χ4n) is 14.5. The summed E-state index contributed by atoms with van der Waals surface area (Å²) in [5.41, 5.74) is 0. The highest BCUT2D eigenvalue weighted by Crippen LogP contribution is 2.22. The van der Waals surface area contributed by atoms with E-state index in [-0.39, 0.29) is 32.2 Å². The summed E-state index contributed by atoms with van der Waals surface area (Å²) in [6, 6.07) is 0. The van der Waals surface area contributed by atoms with Crippen LogP contribution in [0, 0.1) is 0 Å². The van der Waals surface area contributed by atoms with Gasteiger partial charge in [0.05, 0.1) is 40.3 Å². The lowest BCUT2D eigenvalue weighted by Gasteiger charge is -2.26. The van der Waals surface area contributed by atoms with Gasteiger partial charge in [-0.05, 0) is 38.5 Å². The second-order valence-electron chi connectivity index (χ2n) is 33.0. The molecule has 2 unspecified atom stereocenters. The van der Waals surface area contributed by atoms with Gasteiger partial charge in [-0.15, -0.1) is 0 Å². The molecule has 9 heteroatoms. The maximum Gasteiger partial charge on any atom is 0.306 e. The minimum Gasteiger partial charge on any atom is -0.545 e. The van der Waals surface area contributed by atoms with Crippen LogP contribution in [0.3, 0.4) is 0 Å². The van der Waals surface area contributed by atoms with Gasteiger partial charge in [-0.1, -0.05) is 463 Å². The molecule has 0 fully saturated rings. The monoisotopic (exact) mass is 1430 g/mol. The molecule has 0 saturated carbocycles. The predicted octanol–water partition coefficient (Wildman–Crippen LogP) is 28.5. The maximum absolute atomic E-state index is 13.0. The molecule has 0 saturated heterocycles. The van der Waals surface area contributed by atoms with Crippen LogP contribution < -0.4 is 5.11 Å². The van der Waals surface area contributed by atoms with Crippen molar-refractivity contribution in [3.05, 3.63) is 12.2 Å². The van der Waals surface area contributed by atoms with E-state index >= 15 is 0 Å². The molecule has 0 spiro atoms. The Hall–Kier alpha value is -1.97. The van der Waals surface area contributed by atoms with Crippen LogP contribution in [-0.4, -0.2) is 82.3 Å². The lowest BCUT2D eigenvalue weighted by atomic mass is 10.0. The van der Waals surface area contributed by atoms with Crippen molar-refractivity contribution in [2.24, 2.45) is 0 Å². The van der Waals surface area contributed by atoms with Crippen LogP contribution in [0.2, 0.25) is 0 Å². The van der Waals surface area contributed by atoms with E-state index in [1.165, 1.54) is 437 Å². The van der Waals surface area contributed by atoms with Crippen molar-refractivity contribution < 1.29 is 42.9 Å². The number of aliphatic carboxylic acids is 1. The number of carbonyl (C=O) groups is 3. The molecule has 0 rings (SSSR count). The highest BCUT2D eigenvalue weighted by atomic mass is 16.7. The smallest absolute Gasteiger partial charge is 0.306 e. The summed E-state index contributed by atoms with van der Waals surface area (Å²) in [6.07, 6.45) is 104. The first kappa shape index (κ1) is 99.0. The standard InChI is InChI=1S/C92H179NO8/c1-6-8-10-12-14-16-18-20-22-24-26-28-30-32-34-36-38-40-42-43-44-45-46-47-49-51-53-55-57-59-61-63-65-67-69-71-73-75-77-79-81-83-90(95)101-88(87-100-92(91(96)97)98-85-84-93(3,4)5)86-99-89(94)82-80-78-76-74-72-70-68-66-64-62-60-58-56-54-52-50-48-41-39-37-35-33-31-29-27-25-23-21-19-17-15-13-11-9-7-2/h24,26,88,92H,6-23,25,27-87H2,1-5H3/b26-24-. The molecule has 0 aromatic carbocycles. The molecular formula is C92H179NO8. The molecule has 2 atom stereocenters. The van der Waals surface area contributed by atoms with Gasteiger partial charge < -0.3 is 33.3 Å². The van der Waals surface area contributed by atoms with Crippen molar-refractivity contribution >= 4 is 17.9 Å². The van der Waals surface area contributed by atoms with E-state index in [2.05, 4.69) is 26.0 Å². The Balaban J connectivity index is 3.86. The van der Waals surface area contributed by atoms with E-state index < -0.39 is 24.3 Å². The minimum atomic E-state index is -1.62. The van der Waals surface area contributed by atoms with Crippen molar-refractivity contribution in [2.75, 3.05) is 47.5 Å². The van der Waals surface area contributed by atoms with E-state index in [0.717, 1.165) is 38.5 Å². The maximum atomic E-state index is 13.0. The molecule has 0 aliphatic carbocycles. The van der Waals surface area contributed by atoms with Crippen LogP contribution in [0.5, 0.6) is 0 Å². The lowest BCUT2D eigenvalue weighted by molar-refractivity contribution is -0.870. The third-order valence-electron chi connectivity index (χ3n) is 21.5. The van der Waals surface area contributed by atoms with Crippen LogP contribution in [0.1, 0.15) is 502 Å². The molecule has 0 aliphatic rings. The zero-order chi connectivity index (χ0) is 73.2. The van der Waals surface area contributed by atoms with Gasteiger partial charge >= 0.3 is 11.9 Å². The average molecular weight is 1430 g/mol. The molecule has 9 nitrogen and oxygen atoms in total. The van der Waals surface area contributed by atoms with E-state index in [4.69, 9.17) is 18.9 Å². The molecule has 0 radical (unpaired) electrons. The van der Waals surface area contributed by atoms with E-state index in [1.807, 2.05) is 21.1 Å². The van der Waals surface area contributed by atoms with Crippen molar-refractivity contribution in [3.63, 3.8) is 0 Å². The molecule has 0 aromatic heterocycles. The number of carboxylic acids is 1. The van der Waals surface area contributed by atoms with E-state index in [0.29, 0.717) is 17.4 Å². The number of ether oxygens (including phenoxy) is 4. The Morgan fingerprint density at radius 1 is 0.287 bits per heavy atom. The summed E-state index contributed by atoms with van der Waals surface area (Å²) in [4.78, 5) is 37.7. The summed E-state index contributed by atoms with van der Waals surface area (Å²) < 4.78 is 22.9. The third-order valence-corrected chi connectivity index (χ3v) is 21.5. The van der Waals surface area contributed by atoms with Crippen LogP contribution >= 0.6 is 0 Å². The number of likely N-dealkylation sites (N-methyl/N-ethyl adjacent to an activating group) is 1. The normalized spacial score (nSPS) is 12.5. The molecule has 0 bridgehead atoms. The lowest BCUT2D eigenvalue weighted by Crippen LogP contribution is -2.44. The second-order valence-corrected chi connectivity index (χ2v) is 33.0. The summed E-state index contributed by atoms with van der Waals surface area (Å²) in [7, 11) is 5.96. The zero-order valence-corrected chi connectivity index (χ0v) is 69.1. The Bertz CT molecular complexity index is 1660.